The van der Waals surface area contributed by atoms with Gasteiger partial charge in [-0.15, -0.1) is 0 Å². The Bertz CT molecular complexity index is 1680. The molecule has 1 aliphatic carbocycles. The summed E-state index contributed by atoms with van der Waals surface area (Å²) in [7, 11) is -4.23. The van der Waals surface area contributed by atoms with Gasteiger partial charge in [0.15, 0.2) is 0 Å². The van der Waals surface area contributed by atoms with E-state index in [9.17, 15) is 23.1 Å². The number of ether oxygens (including phenoxy) is 2. The van der Waals surface area contributed by atoms with E-state index in [2.05, 4.69) is 39.2 Å². The molecule has 2 aromatic carbocycles. The van der Waals surface area contributed by atoms with E-state index in [1.807, 2.05) is 52.8 Å². The summed E-state index contributed by atoms with van der Waals surface area (Å²) in [5.41, 5.74) is 2.46. The van der Waals surface area contributed by atoms with Gasteiger partial charge in [-0.05, 0) is 89.1 Å². The van der Waals surface area contributed by atoms with Gasteiger partial charge in [0.05, 0.1) is 16.2 Å². The quantitative estimate of drug-likeness (QED) is 0.177. The lowest BCUT2D eigenvalue weighted by molar-refractivity contribution is 0.0459. The Labute approximate surface area is 276 Å². The lowest BCUT2D eigenvalue weighted by Gasteiger charge is -2.39. The Hall–Kier alpha value is -4.23. The third-order valence-electron chi connectivity index (χ3n) is 7.58. The first-order valence-electron chi connectivity index (χ1n) is 15.7. The summed E-state index contributed by atoms with van der Waals surface area (Å²) in [5, 5.41) is 15.9. The fourth-order valence-corrected chi connectivity index (χ4v) is 6.47. The van der Waals surface area contributed by atoms with Gasteiger partial charge in [-0.2, -0.15) is 4.98 Å². The number of nitrogens with one attached hydrogen (secondary N) is 3. The number of aromatic carboxylic acids is 1. The number of anilines is 1. The first-order valence-corrected chi connectivity index (χ1v) is 17.2. The fraction of sp³-hybridized carbons (Fsp3) is 0.471. The largest absolute Gasteiger partial charge is 0.478 e. The molecule has 47 heavy (non-hydrogen) atoms. The Morgan fingerprint density at radius 3 is 2.28 bits per heavy atom. The van der Waals surface area contributed by atoms with Gasteiger partial charge in [0.1, 0.15) is 12.2 Å². The van der Waals surface area contributed by atoms with Crippen LogP contribution in [-0.4, -0.2) is 65.9 Å². The monoisotopic (exact) mass is 667 g/mol. The third kappa shape index (κ3) is 10.1. The highest BCUT2D eigenvalue weighted by molar-refractivity contribution is 7.92. The molecule has 12 nitrogen and oxygen atoms in total. The molecule has 0 spiro atoms. The molecule has 1 unspecified atom stereocenters. The van der Waals surface area contributed by atoms with Crippen LogP contribution in [0.3, 0.4) is 0 Å². The van der Waals surface area contributed by atoms with E-state index in [1.54, 1.807) is 6.07 Å². The molecular weight excluding hydrogens is 622 g/mol. The molecule has 3 aromatic rings. The van der Waals surface area contributed by atoms with E-state index in [0.717, 1.165) is 42.0 Å². The minimum Gasteiger partial charge on any atom is -0.478 e. The van der Waals surface area contributed by atoms with Crippen molar-refractivity contribution >= 4 is 28.0 Å². The van der Waals surface area contributed by atoms with Gasteiger partial charge in [0.2, 0.25) is 11.8 Å². The molecule has 1 aromatic heterocycles. The van der Waals surface area contributed by atoms with Crippen LogP contribution in [0.2, 0.25) is 0 Å². The van der Waals surface area contributed by atoms with Crippen LogP contribution in [0.1, 0.15) is 75.4 Å². The second kappa shape index (κ2) is 14.7. The van der Waals surface area contributed by atoms with Crippen molar-refractivity contribution in [2.75, 3.05) is 11.3 Å². The number of alkyl carbamates (subject to hydrolysis) is 1. The lowest BCUT2D eigenvalue weighted by Crippen LogP contribution is -2.56. The molecule has 0 radical (unpaired) electrons. The Balaban J connectivity index is 1.53. The molecule has 1 heterocycles. The number of hydrogen-bond donors (Lipinski definition) is 4. The summed E-state index contributed by atoms with van der Waals surface area (Å²) in [6, 6.07) is 12.7. The maximum Gasteiger partial charge on any atom is 0.407 e. The van der Waals surface area contributed by atoms with Crippen LogP contribution in [0.4, 0.5) is 10.7 Å². The highest BCUT2D eigenvalue weighted by atomic mass is 32.2. The number of amides is 1. The van der Waals surface area contributed by atoms with Crippen LogP contribution in [0.15, 0.2) is 53.4 Å². The SMILES string of the molecule is Cc1cccc(C)c1-c1cc(OCC(CC(C)C)NC2CC(NC(=O)OC(C)(C)C)C2)nc(NS(=O)(=O)c2cccc(C(=O)O)c2)n1. The fourth-order valence-electron chi connectivity index (χ4n) is 5.49. The molecule has 254 valence electrons. The van der Waals surface area contributed by atoms with Gasteiger partial charge in [-0.25, -0.2) is 27.7 Å². The second-order valence-electron chi connectivity index (χ2n) is 13.4. The third-order valence-corrected chi connectivity index (χ3v) is 8.90. The van der Waals surface area contributed by atoms with E-state index in [-0.39, 0.29) is 47.0 Å². The molecule has 1 amide bonds. The number of rotatable bonds is 13. The van der Waals surface area contributed by atoms with Crippen molar-refractivity contribution in [3.05, 3.63) is 65.2 Å². The van der Waals surface area contributed by atoms with Crippen LogP contribution >= 0.6 is 0 Å². The Morgan fingerprint density at radius 2 is 1.66 bits per heavy atom. The molecule has 0 aliphatic heterocycles. The lowest BCUT2D eigenvalue weighted by atomic mass is 9.86. The molecule has 0 bridgehead atoms. The predicted octanol–water partition coefficient (Wildman–Crippen LogP) is 5.70. The summed E-state index contributed by atoms with van der Waals surface area (Å²) in [6.07, 6.45) is 1.90. The topological polar surface area (TPSA) is 169 Å². The second-order valence-corrected chi connectivity index (χ2v) is 15.1. The standard InChI is InChI=1S/C34H45N5O7S/c1-20(2)14-26(35-24-16-25(17-24)36-33(42)46-34(5,6)7)19-45-29-18-28(30-21(3)10-8-11-22(30)4)37-32(38-29)39-47(43,44)27-13-9-12-23(15-27)31(40)41/h8-13,15,18,20,24-26,35H,14,16-17,19H2,1-7H3,(H,36,42)(H,40,41)(H,37,38,39). The average Bonchev–Trinajstić information content (AvgIpc) is 2.93. The van der Waals surface area contributed by atoms with Crippen molar-refractivity contribution in [2.24, 2.45) is 5.92 Å². The summed E-state index contributed by atoms with van der Waals surface area (Å²) in [5.74, 6) is -0.897. The van der Waals surface area contributed by atoms with Gasteiger partial charge < -0.3 is 25.2 Å². The van der Waals surface area contributed by atoms with Gasteiger partial charge >= 0.3 is 12.1 Å². The van der Waals surface area contributed by atoms with Crippen molar-refractivity contribution in [2.45, 2.75) is 96.4 Å². The van der Waals surface area contributed by atoms with E-state index < -0.39 is 27.7 Å². The number of aryl methyl sites for hydroxylation is 2. The van der Waals surface area contributed by atoms with E-state index in [1.165, 1.54) is 18.2 Å². The highest BCUT2D eigenvalue weighted by Crippen LogP contribution is 2.30. The highest BCUT2D eigenvalue weighted by Gasteiger charge is 2.33. The summed E-state index contributed by atoms with van der Waals surface area (Å²) in [4.78, 5) is 32.3. The van der Waals surface area contributed by atoms with E-state index >= 15 is 0 Å². The maximum atomic E-state index is 13.3. The molecule has 13 heteroatoms. The zero-order valence-corrected chi connectivity index (χ0v) is 28.8. The summed E-state index contributed by atoms with van der Waals surface area (Å²) < 4.78 is 40.6. The number of sulfonamides is 1. The van der Waals surface area contributed by atoms with Gasteiger partial charge in [-0.1, -0.05) is 38.1 Å². The number of nitrogens with zero attached hydrogens (tertiary/aromatic N) is 2. The smallest absolute Gasteiger partial charge is 0.407 e. The van der Waals surface area contributed by atoms with Crippen molar-refractivity contribution in [1.82, 2.24) is 20.6 Å². The van der Waals surface area contributed by atoms with Crippen LogP contribution in [0.25, 0.3) is 11.3 Å². The molecule has 1 aliphatic rings. The molecule has 1 fully saturated rings. The summed E-state index contributed by atoms with van der Waals surface area (Å²) in [6.45, 7) is 13.9. The number of benzene rings is 2. The van der Waals surface area contributed by atoms with Crippen LogP contribution in [0.5, 0.6) is 5.88 Å². The zero-order chi connectivity index (χ0) is 34.5. The van der Waals surface area contributed by atoms with Gasteiger partial charge in [-0.3, -0.25) is 0 Å². The van der Waals surface area contributed by atoms with Crippen molar-refractivity contribution in [3.8, 4) is 17.1 Å². The van der Waals surface area contributed by atoms with Crippen LogP contribution in [0, 0.1) is 19.8 Å². The number of hydrogen-bond acceptors (Lipinski definition) is 9. The normalized spacial score (nSPS) is 17.0. The number of carbonyl (C=O) groups is 2. The zero-order valence-electron chi connectivity index (χ0n) is 28.0. The molecule has 0 saturated heterocycles. The first-order chi connectivity index (χ1) is 22.0. The molecule has 1 atom stereocenters. The molecule has 1 saturated carbocycles. The minimum absolute atomic E-state index is 0.0246. The van der Waals surface area contributed by atoms with E-state index in [0.29, 0.717) is 11.6 Å². The number of aromatic nitrogens is 2. The number of carbonyl (C=O) groups excluding carboxylic acids is 1. The molecular formula is C34H45N5O7S. The van der Waals surface area contributed by atoms with Crippen molar-refractivity contribution in [3.63, 3.8) is 0 Å². The maximum absolute atomic E-state index is 13.3. The number of carboxylic acid groups (broad SMARTS) is 1. The van der Waals surface area contributed by atoms with Crippen LogP contribution in [-0.2, 0) is 14.8 Å². The average molecular weight is 668 g/mol. The van der Waals surface area contributed by atoms with Gasteiger partial charge in [0, 0.05) is 29.8 Å². The Morgan fingerprint density at radius 1 is 1.00 bits per heavy atom. The molecule has 4 rings (SSSR count). The summed E-state index contributed by atoms with van der Waals surface area (Å²) >= 11 is 0. The van der Waals surface area contributed by atoms with E-state index in [4.69, 9.17) is 9.47 Å². The predicted molar refractivity (Wildman–Crippen MR) is 179 cm³/mol. The minimum atomic E-state index is -4.23. The number of carboxylic acids is 1. The molecule has 4 N–H and O–H groups in total. The first kappa shape index (κ1) is 35.6. The van der Waals surface area contributed by atoms with Gasteiger partial charge in [0.25, 0.3) is 10.0 Å². The van der Waals surface area contributed by atoms with Crippen molar-refractivity contribution in [1.29, 1.82) is 0 Å². The van der Waals surface area contributed by atoms with Crippen molar-refractivity contribution < 1.29 is 32.6 Å². The van der Waals surface area contributed by atoms with Crippen LogP contribution < -0.4 is 20.1 Å². The Kier molecular flexibility index (Phi) is 11.1.